The lowest BCUT2D eigenvalue weighted by Crippen LogP contribution is -1.99. The number of aromatic hydroxyl groups is 1. The summed E-state index contributed by atoms with van der Waals surface area (Å²) in [5.41, 5.74) is 5.35. The monoisotopic (exact) mass is 236 g/mol. The average Bonchev–Trinajstić information content (AvgIpc) is 2.69. The van der Waals surface area contributed by atoms with E-state index in [1.807, 2.05) is 25.1 Å². The van der Waals surface area contributed by atoms with Crippen LogP contribution in [-0.4, -0.2) is 5.11 Å². The van der Waals surface area contributed by atoms with E-state index in [2.05, 4.69) is 12.1 Å². The summed E-state index contributed by atoms with van der Waals surface area (Å²) in [6, 6.07) is 11.9. The van der Waals surface area contributed by atoms with E-state index in [0.717, 1.165) is 34.3 Å². The van der Waals surface area contributed by atoms with Crippen molar-refractivity contribution in [3.63, 3.8) is 0 Å². The van der Waals surface area contributed by atoms with Crippen LogP contribution in [0.3, 0.4) is 0 Å². The lowest BCUT2D eigenvalue weighted by atomic mass is 9.85. The third-order valence-electron chi connectivity index (χ3n) is 3.74. The molecule has 0 fully saturated rings. The first kappa shape index (κ1) is 9.77. The molecular formula is C16H12O2. The van der Waals surface area contributed by atoms with Gasteiger partial charge in [-0.15, -0.1) is 0 Å². The van der Waals surface area contributed by atoms with Crippen LogP contribution in [-0.2, 0) is 6.42 Å². The summed E-state index contributed by atoms with van der Waals surface area (Å²) in [6.45, 7) is 1.96. The van der Waals surface area contributed by atoms with Crippen LogP contribution in [0.25, 0.3) is 22.1 Å². The van der Waals surface area contributed by atoms with Gasteiger partial charge in [0, 0.05) is 16.5 Å². The first-order chi connectivity index (χ1) is 8.75. The molecule has 1 aliphatic carbocycles. The molecule has 2 aromatic carbocycles. The first-order valence-electron chi connectivity index (χ1n) is 6.08. The molecule has 0 saturated heterocycles. The summed E-state index contributed by atoms with van der Waals surface area (Å²) in [5.74, 6) is 1.22. The molecule has 1 aliphatic rings. The van der Waals surface area contributed by atoms with Gasteiger partial charge in [-0.05, 0) is 36.6 Å². The molecule has 1 heterocycles. The van der Waals surface area contributed by atoms with Crippen molar-refractivity contribution in [3.05, 3.63) is 53.3 Å². The van der Waals surface area contributed by atoms with Gasteiger partial charge < -0.3 is 9.52 Å². The third-order valence-corrected chi connectivity index (χ3v) is 3.74. The molecule has 4 rings (SSSR count). The van der Waals surface area contributed by atoms with Crippen molar-refractivity contribution in [3.8, 4) is 16.9 Å². The molecule has 0 saturated carbocycles. The van der Waals surface area contributed by atoms with Crippen molar-refractivity contribution in [2.45, 2.75) is 13.3 Å². The van der Waals surface area contributed by atoms with E-state index in [0.29, 0.717) is 5.75 Å². The highest BCUT2D eigenvalue weighted by Gasteiger charge is 2.25. The standard InChI is InChI=1S/C16H12O2/c1-9-14-15-10(4-2-6-12(15)17)8-11-5-3-7-13(18-9)16(11)14/h2-7,17H,8H2,1H3. The predicted octanol–water partition coefficient (Wildman–Crippen LogP) is 4.02. The molecule has 0 aliphatic heterocycles. The zero-order valence-electron chi connectivity index (χ0n) is 10.0. The van der Waals surface area contributed by atoms with Gasteiger partial charge in [0.25, 0.3) is 0 Å². The number of phenolic OH excluding ortho intramolecular Hbond substituents is 1. The second-order valence-electron chi connectivity index (χ2n) is 4.81. The van der Waals surface area contributed by atoms with Gasteiger partial charge in [-0.25, -0.2) is 0 Å². The number of phenols is 1. The minimum Gasteiger partial charge on any atom is -0.507 e. The lowest BCUT2D eigenvalue weighted by Gasteiger charge is -2.17. The van der Waals surface area contributed by atoms with Crippen LogP contribution in [0.1, 0.15) is 16.9 Å². The van der Waals surface area contributed by atoms with Gasteiger partial charge in [-0.1, -0.05) is 24.3 Å². The Bertz CT molecular complexity index is 781. The molecule has 0 bridgehead atoms. The van der Waals surface area contributed by atoms with Crippen molar-refractivity contribution in [2.75, 3.05) is 0 Å². The van der Waals surface area contributed by atoms with Gasteiger partial charge in [0.1, 0.15) is 17.1 Å². The van der Waals surface area contributed by atoms with Gasteiger partial charge in [0.2, 0.25) is 0 Å². The van der Waals surface area contributed by atoms with Gasteiger partial charge in [0.05, 0.1) is 0 Å². The van der Waals surface area contributed by atoms with E-state index >= 15 is 0 Å². The molecule has 1 aromatic heterocycles. The number of fused-ring (bicyclic) bond motifs is 2. The van der Waals surface area contributed by atoms with Crippen molar-refractivity contribution in [1.82, 2.24) is 0 Å². The van der Waals surface area contributed by atoms with Gasteiger partial charge in [-0.2, -0.15) is 0 Å². The molecule has 0 unspecified atom stereocenters. The topological polar surface area (TPSA) is 33.4 Å². The Hall–Kier alpha value is -2.22. The Kier molecular flexibility index (Phi) is 1.72. The second kappa shape index (κ2) is 3.16. The SMILES string of the molecule is Cc1oc2cccc3c2c1-c1c(O)cccc1C3. The fourth-order valence-electron chi connectivity index (χ4n) is 3.01. The van der Waals surface area contributed by atoms with E-state index in [1.165, 1.54) is 11.1 Å². The van der Waals surface area contributed by atoms with Crippen LogP contribution in [0, 0.1) is 6.92 Å². The molecule has 0 atom stereocenters. The normalized spacial score (nSPS) is 12.7. The minimum atomic E-state index is 0.341. The van der Waals surface area contributed by atoms with Crippen LogP contribution in [0.5, 0.6) is 5.75 Å². The third kappa shape index (κ3) is 1.07. The molecule has 2 heteroatoms. The van der Waals surface area contributed by atoms with Crippen LogP contribution in [0.15, 0.2) is 40.8 Å². The summed E-state index contributed by atoms with van der Waals surface area (Å²) >= 11 is 0. The van der Waals surface area contributed by atoms with Gasteiger partial charge in [-0.3, -0.25) is 0 Å². The molecule has 2 nitrogen and oxygen atoms in total. The first-order valence-corrected chi connectivity index (χ1v) is 6.08. The fourth-order valence-corrected chi connectivity index (χ4v) is 3.01. The molecule has 88 valence electrons. The Morgan fingerprint density at radius 2 is 1.78 bits per heavy atom. The van der Waals surface area contributed by atoms with Crippen molar-refractivity contribution in [2.24, 2.45) is 0 Å². The Morgan fingerprint density at radius 1 is 1.00 bits per heavy atom. The maximum atomic E-state index is 10.1. The maximum absolute atomic E-state index is 10.1. The number of hydrogen-bond donors (Lipinski definition) is 1. The predicted molar refractivity (Wildman–Crippen MR) is 70.9 cm³/mol. The van der Waals surface area contributed by atoms with E-state index < -0.39 is 0 Å². The highest BCUT2D eigenvalue weighted by atomic mass is 16.3. The zero-order valence-corrected chi connectivity index (χ0v) is 10.0. The number of furan rings is 1. The highest BCUT2D eigenvalue weighted by molar-refractivity contribution is 6.02. The zero-order chi connectivity index (χ0) is 12.3. The molecule has 18 heavy (non-hydrogen) atoms. The van der Waals surface area contributed by atoms with E-state index in [4.69, 9.17) is 4.42 Å². The smallest absolute Gasteiger partial charge is 0.135 e. The quantitative estimate of drug-likeness (QED) is 0.500. The summed E-state index contributed by atoms with van der Waals surface area (Å²) in [5, 5.41) is 11.3. The fraction of sp³-hybridized carbons (Fsp3) is 0.125. The Balaban J connectivity index is 2.24. The van der Waals surface area contributed by atoms with Crippen molar-refractivity contribution < 1.29 is 9.52 Å². The molecular weight excluding hydrogens is 224 g/mol. The van der Waals surface area contributed by atoms with Crippen LogP contribution in [0.4, 0.5) is 0 Å². The number of hydrogen-bond acceptors (Lipinski definition) is 2. The maximum Gasteiger partial charge on any atom is 0.135 e. The van der Waals surface area contributed by atoms with Crippen LogP contribution in [0.2, 0.25) is 0 Å². The molecule has 0 spiro atoms. The second-order valence-corrected chi connectivity index (χ2v) is 4.81. The molecule has 0 radical (unpaired) electrons. The van der Waals surface area contributed by atoms with Gasteiger partial charge in [0.15, 0.2) is 0 Å². The van der Waals surface area contributed by atoms with E-state index in [-0.39, 0.29) is 0 Å². The Morgan fingerprint density at radius 3 is 2.67 bits per heavy atom. The molecule has 3 aromatic rings. The van der Waals surface area contributed by atoms with E-state index in [1.54, 1.807) is 6.07 Å². The highest BCUT2D eigenvalue weighted by Crippen LogP contribution is 2.46. The Labute approximate surface area is 104 Å². The number of benzene rings is 2. The molecule has 1 N–H and O–H groups in total. The summed E-state index contributed by atoms with van der Waals surface area (Å²) in [6.07, 6.45) is 0.854. The van der Waals surface area contributed by atoms with Gasteiger partial charge >= 0.3 is 0 Å². The molecule has 0 amide bonds. The summed E-state index contributed by atoms with van der Waals surface area (Å²) in [4.78, 5) is 0. The summed E-state index contributed by atoms with van der Waals surface area (Å²) < 4.78 is 5.81. The van der Waals surface area contributed by atoms with Crippen molar-refractivity contribution >= 4 is 11.0 Å². The van der Waals surface area contributed by atoms with Crippen molar-refractivity contribution in [1.29, 1.82) is 0 Å². The minimum absolute atomic E-state index is 0.341. The largest absolute Gasteiger partial charge is 0.507 e. The number of rotatable bonds is 0. The van der Waals surface area contributed by atoms with Crippen LogP contribution >= 0.6 is 0 Å². The lowest BCUT2D eigenvalue weighted by molar-refractivity contribution is 0.476. The number of aryl methyl sites for hydroxylation is 1. The van der Waals surface area contributed by atoms with Crippen LogP contribution < -0.4 is 0 Å². The summed E-state index contributed by atoms with van der Waals surface area (Å²) in [7, 11) is 0. The van der Waals surface area contributed by atoms with E-state index in [9.17, 15) is 5.11 Å². The average molecular weight is 236 g/mol.